The molecule has 0 aromatic heterocycles. The molecule has 1 unspecified atom stereocenters. The van der Waals surface area contributed by atoms with Gasteiger partial charge in [0.25, 0.3) is 0 Å². The Bertz CT molecular complexity index is 2050. The first-order valence-electron chi connectivity index (χ1n) is 23.3. The standard InChI is InChI=1S/C48H68ClN5O15/c1-29-10-9-11-37(64-8)48(62)28-36(67-46(61)51-48)30(2)44-47(4,69-44)38(27-41(57)53(6)34-25-32(24-29)26-35(63-7)43(34)49)68-45(60)31(3)52(5)39(55)12-13-40(56)54(33-14-17-50-18-15-33)19-21-66-23-22-65-20-16-42(58)59/h9-11,25-26,30-31,33,36-38,44,50,62H,1,12-24,27-28H2,2-8H3,(H-,51,58,59,61)/p+1/b11-9+/t30-,31+,36+,37-,38+,44?,47+,48+/m1/s1. The number of rotatable bonds is 18. The van der Waals surface area contributed by atoms with E-state index < -0.39 is 84.0 Å². The fourth-order valence-electron chi connectivity index (χ4n) is 8.94. The Hall–Kier alpha value is -4.96. The van der Waals surface area contributed by atoms with Gasteiger partial charge in [-0.05, 0) is 64.1 Å². The summed E-state index contributed by atoms with van der Waals surface area (Å²) < 4.78 is 40.3. The number of fused-ring (bicyclic) bond motifs is 5. The van der Waals surface area contributed by atoms with E-state index in [4.69, 9.17) is 49.9 Å². The smallest absolute Gasteiger partial charge is 0.409 e. The van der Waals surface area contributed by atoms with Crippen LogP contribution in [0.25, 0.3) is 0 Å². The van der Waals surface area contributed by atoms with Crippen molar-refractivity contribution in [2.45, 2.75) is 120 Å². The Morgan fingerprint density at radius 2 is 1.74 bits per heavy atom. The van der Waals surface area contributed by atoms with Gasteiger partial charge in [0.1, 0.15) is 34.6 Å². The molecule has 0 aliphatic carbocycles. The van der Waals surface area contributed by atoms with Crippen molar-refractivity contribution in [1.82, 2.24) is 20.4 Å². The summed E-state index contributed by atoms with van der Waals surface area (Å²) in [6, 6.07) is 2.24. The molecule has 0 spiro atoms. The third kappa shape index (κ3) is 14.3. The molecule has 8 atom stereocenters. The third-order valence-electron chi connectivity index (χ3n) is 13.4. The van der Waals surface area contributed by atoms with Crippen LogP contribution in [0.15, 0.2) is 36.4 Å². The number of methoxy groups -OCH3 is 2. The summed E-state index contributed by atoms with van der Waals surface area (Å²) in [6.45, 7) is 11.5. The van der Waals surface area contributed by atoms with E-state index in [1.807, 2.05) is 0 Å². The van der Waals surface area contributed by atoms with Crippen LogP contribution in [-0.2, 0) is 58.8 Å². The van der Waals surface area contributed by atoms with Gasteiger partial charge < -0.3 is 63.4 Å². The van der Waals surface area contributed by atoms with Gasteiger partial charge in [0, 0.05) is 84.0 Å². The lowest BCUT2D eigenvalue weighted by Gasteiger charge is -2.41. The molecule has 1 aromatic rings. The molecule has 4 aliphatic heterocycles. The van der Waals surface area contributed by atoms with Gasteiger partial charge in [-0.25, -0.2) is 9.59 Å². The summed E-state index contributed by atoms with van der Waals surface area (Å²) >= 11 is 6.80. The Morgan fingerprint density at radius 3 is 2.41 bits per heavy atom. The van der Waals surface area contributed by atoms with Crippen LogP contribution in [-0.4, -0.2) is 178 Å². The summed E-state index contributed by atoms with van der Waals surface area (Å²) in [5.41, 5.74) is -1.54. The maximum absolute atomic E-state index is 14.4. The monoisotopic (exact) mass is 990 g/mol. The quantitative estimate of drug-likeness (QED) is 0.0714. The van der Waals surface area contributed by atoms with Crippen LogP contribution in [0, 0.1) is 12.3 Å². The number of carboxylic acid groups (broad SMARTS) is 1. The fraction of sp³-hybridized carbons (Fsp3) is 0.646. The number of carbonyl (C=O) groups excluding carboxylic acids is 5. The molecule has 1 aromatic carbocycles. The van der Waals surface area contributed by atoms with E-state index in [2.05, 4.69) is 17.2 Å². The Labute approximate surface area is 408 Å². The second-order valence-electron chi connectivity index (χ2n) is 18.2. The van der Waals surface area contributed by atoms with Crippen molar-refractivity contribution in [3.63, 3.8) is 0 Å². The number of anilines is 1. The number of nitrogens with one attached hydrogen (secondary N) is 2. The fourth-order valence-corrected chi connectivity index (χ4v) is 9.25. The van der Waals surface area contributed by atoms with Crippen molar-refractivity contribution >= 4 is 53.0 Å². The van der Waals surface area contributed by atoms with E-state index in [0.29, 0.717) is 29.0 Å². The van der Waals surface area contributed by atoms with Gasteiger partial charge in [-0.3, -0.25) is 24.5 Å². The normalized spacial score (nSPS) is 27.4. The van der Waals surface area contributed by atoms with Crippen molar-refractivity contribution in [2.24, 2.45) is 5.92 Å². The van der Waals surface area contributed by atoms with Crippen LogP contribution in [0.2, 0.25) is 5.02 Å². The number of amides is 4. The average Bonchev–Trinajstić information content (AvgIpc) is 4.02. The van der Waals surface area contributed by atoms with E-state index in [9.17, 15) is 33.9 Å². The largest absolute Gasteiger partial charge is 0.495 e. The van der Waals surface area contributed by atoms with Crippen molar-refractivity contribution in [3.05, 3.63) is 53.4 Å². The lowest BCUT2D eigenvalue weighted by atomic mass is 9.83. The SMILES string of the molecule is C=C1[CH+]/C=C/[C@@H](OC)[C@@]2(O)C[C@H](OC(=O)N2)[C@@H](C)C2O[C@@]2(C)[C@@H](OC(=O)[C@H](C)N(C)C(=O)CCC(=O)N(CCOCCOCCC(=O)O)C2CCNCC2)CC(=O)N(C)c2cc(cc(OC)c2Cl)C1. The van der Waals surface area contributed by atoms with Crippen molar-refractivity contribution in [2.75, 3.05) is 79.3 Å². The molecule has 3 fully saturated rings. The molecule has 5 rings (SSSR count). The van der Waals surface area contributed by atoms with Crippen LogP contribution >= 0.6 is 11.6 Å². The molecule has 382 valence electrons. The zero-order valence-electron chi connectivity index (χ0n) is 40.7. The molecule has 21 heteroatoms. The lowest BCUT2D eigenvalue weighted by molar-refractivity contribution is -0.162. The molecular weight excluding hydrogens is 922 g/mol. The number of piperidine rings is 1. The van der Waals surface area contributed by atoms with Crippen LogP contribution < -0.4 is 20.3 Å². The topological polar surface area (TPSA) is 245 Å². The molecule has 0 saturated carbocycles. The minimum absolute atomic E-state index is 0.0596. The highest BCUT2D eigenvalue weighted by Gasteiger charge is 2.64. The predicted octanol–water partition coefficient (Wildman–Crippen LogP) is 3.20. The number of hydrogen-bond donors (Lipinski definition) is 4. The maximum atomic E-state index is 14.4. The number of halogens is 1. The van der Waals surface area contributed by atoms with Gasteiger partial charge in [0.2, 0.25) is 17.7 Å². The maximum Gasteiger partial charge on any atom is 0.409 e. The number of ether oxygens (including phenoxy) is 7. The van der Waals surface area contributed by atoms with E-state index in [-0.39, 0.29) is 75.6 Å². The summed E-state index contributed by atoms with van der Waals surface area (Å²) in [5, 5.41) is 26.6. The molecule has 69 heavy (non-hydrogen) atoms. The number of epoxide rings is 1. The molecule has 0 radical (unpaired) electrons. The second kappa shape index (κ2) is 24.7. The molecule has 4 bridgehead atoms. The third-order valence-corrected chi connectivity index (χ3v) is 13.7. The minimum Gasteiger partial charge on any atom is -0.495 e. The van der Waals surface area contributed by atoms with Gasteiger partial charge in [-0.15, -0.1) is 0 Å². The Balaban J connectivity index is 1.32. The molecule has 4 N–H and O–H groups in total. The van der Waals surface area contributed by atoms with E-state index in [1.165, 1.54) is 45.0 Å². The van der Waals surface area contributed by atoms with Gasteiger partial charge >= 0.3 is 18.0 Å². The number of benzene rings is 1. The minimum atomic E-state index is -1.90. The number of nitrogens with zero attached hydrogens (tertiary/aromatic N) is 3. The predicted molar refractivity (Wildman–Crippen MR) is 251 cm³/mol. The Kier molecular flexibility index (Phi) is 19.7. The van der Waals surface area contributed by atoms with Crippen molar-refractivity contribution in [3.8, 4) is 5.75 Å². The Morgan fingerprint density at radius 1 is 1.06 bits per heavy atom. The molecule has 4 amide bonds. The second-order valence-corrected chi connectivity index (χ2v) is 18.5. The molecule has 4 heterocycles. The number of aliphatic carboxylic acids is 1. The lowest BCUT2D eigenvalue weighted by Crippen LogP contribution is -2.63. The first kappa shape index (κ1) is 55.0. The zero-order valence-corrected chi connectivity index (χ0v) is 41.4. The van der Waals surface area contributed by atoms with Crippen LogP contribution in [0.4, 0.5) is 10.5 Å². The number of alkyl carbamates (subject to hydrolysis) is 1. The highest BCUT2D eigenvalue weighted by atomic mass is 35.5. The number of aliphatic hydroxyl groups is 1. The molecular formula is C48H69ClN5O15+. The zero-order chi connectivity index (χ0) is 50.6. The van der Waals surface area contributed by atoms with Crippen molar-refractivity contribution < 1.29 is 72.1 Å². The first-order chi connectivity index (χ1) is 32.7. The average molecular weight is 992 g/mol. The molecule has 4 aliphatic rings. The number of likely N-dealkylation sites (N-methyl/N-ethyl adjacent to an activating group) is 1. The van der Waals surface area contributed by atoms with Gasteiger partial charge in [0.05, 0.1) is 63.7 Å². The highest BCUT2D eigenvalue weighted by Crippen LogP contribution is 2.49. The van der Waals surface area contributed by atoms with E-state index in [0.717, 1.165) is 25.9 Å². The van der Waals surface area contributed by atoms with E-state index >= 15 is 0 Å². The van der Waals surface area contributed by atoms with Gasteiger partial charge in [-0.2, -0.15) is 0 Å². The molecule has 20 nitrogen and oxygen atoms in total. The van der Waals surface area contributed by atoms with E-state index in [1.54, 1.807) is 49.5 Å². The van der Waals surface area contributed by atoms with Crippen LogP contribution in [0.1, 0.15) is 71.3 Å². The number of carboxylic acids is 1. The number of allylic oxidation sites excluding steroid dienone is 2. The van der Waals surface area contributed by atoms with Gasteiger partial charge in [0.15, 0.2) is 11.8 Å². The number of esters is 1. The van der Waals surface area contributed by atoms with Crippen molar-refractivity contribution in [1.29, 1.82) is 0 Å². The number of hydrogen-bond acceptors (Lipinski definition) is 15. The van der Waals surface area contributed by atoms with Gasteiger partial charge in [-0.1, -0.05) is 18.5 Å². The van der Waals surface area contributed by atoms with Crippen LogP contribution in [0.3, 0.4) is 0 Å². The summed E-state index contributed by atoms with van der Waals surface area (Å²) in [4.78, 5) is 83.8. The number of carbonyl (C=O) groups is 6. The highest BCUT2D eigenvalue weighted by molar-refractivity contribution is 6.35. The first-order valence-corrected chi connectivity index (χ1v) is 23.7. The summed E-state index contributed by atoms with van der Waals surface area (Å²) in [5.74, 6) is -3.32. The summed E-state index contributed by atoms with van der Waals surface area (Å²) in [6.07, 6.45) is 1.00. The molecule has 3 saturated heterocycles. The van der Waals surface area contributed by atoms with Crippen LogP contribution in [0.5, 0.6) is 5.75 Å². The summed E-state index contributed by atoms with van der Waals surface area (Å²) in [7, 11) is 5.82.